The summed E-state index contributed by atoms with van der Waals surface area (Å²) in [4.78, 5) is 0.873. The number of nitrogens with two attached hydrogens (primary N) is 1. The predicted octanol–water partition coefficient (Wildman–Crippen LogP) is 1.03. The molecule has 0 saturated carbocycles. The van der Waals surface area contributed by atoms with Crippen molar-refractivity contribution in [3.8, 4) is 5.88 Å². The van der Waals surface area contributed by atoms with Crippen molar-refractivity contribution in [1.29, 1.82) is 0 Å². The van der Waals surface area contributed by atoms with Gasteiger partial charge in [-0.25, -0.2) is 4.68 Å². The molecule has 1 atom stereocenters. The normalized spacial score (nSPS) is 20.1. The molecule has 1 aromatic heterocycles. The molecule has 2 rings (SSSR count). The molecule has 2 heterocycles. The fourth-order valence-electron chi connectivity index (χ4n) is 1.60. The van der Waals surface area contributed by atoms with Crippen LogP contribution in [-0.4, -0.2) is 28.6 Å². The Morgan fingerprint density at radius 3 is 3.20 bits per heavy atom. The monoisotopic (exact) mass is 229 g/mol. The van der Waals surface area contributed by atoms with Crippen molar-refractivity contribution in [3.63, 3.8) is 0 Å². The van der Waals surface area contributed by atoms with Crippen LogP contribution in [0.3, 0.4) is 0 Å². The van der Waals surface area contributed by atoms with Gasteiger partial charge in [-0.3, -0.25) is 5.14 Å². The Morgan fingerprint density at radius 2 is 2.53 bits per heavy atom. The highest BCUT2D eigenvalue weighted by atomic mass is 32.2. The standard InChI is InChI=1S/C9H15N3O2S/c1-6(2)14-7-4-12-9(13-5-7)8(15-10)3-11-12/h3,6-7H,4-5,10H2,1-2H3. The number of hydrogen-bond acceptors (Lipinski definition) is 5. The van der Waals surface area contributed by atoms with Gasteiger partial charge in [0, 0.05) is 0 Å². The van der Waals surface area contributed by atoms with Crippen LogP contribution >= 0.6 is 11.9 Å². The van der Waals surface area contributed by atoms with Crippen molar-refractivity contribution in [3.05, 3.63) is 6.20 Å². The van der Waals surface area contributed by atoms with Gasteiger partial charge >= 0.3 is 0 Å². The third-order valence-corrected chi connectivity index (χ3v) is 2.67. The van der Waals surface area contributed by atoms with Crippen molar-refractivity contribution in [2.24, 2.45) is 5.14 Å². The Kier molecular flexibility index (Phi) is 3.18. The maximum atomic E-state index is 5.67. The van der Waals surface area contributed by atoms with Gasteiger partial charge < -0.3 is 9.47 Å². The van der Waals surface area contributed by atoms with E-state index in [1.807, 2.05) is 13.8 Å². The highest BCUT2D eigenvalue weighted by Crippen LogP contribution is 2.28. The maximum absolute atomic E-state index is 5.67. The van der Waals surface area contributed by atoms with E-state index in [2.05, 4.69) is 5.10 Å². The fraction of sp³-hybridized carbons (Fsp3) is 0.667. The van der Waals surface area contributed by atoms with E-state index in [1.54, 1.807) is 10.9 Å². The van der Waals surface area contributed by atoms with Gasteiger partial charge in [0.25, 0.3) is 0 Å². The maximum Gasteiger partial charge on any atom is 0.227 e. The van der Waals surface area contributed by atoms with Crippen molar-refractivity contribution in [2.45, 2.75) is 37.5 Å². The van der Waals surface area contributed by atoms with Crippen molar-refractivity contribution < 1.29 is 9.47 Å². The molecule has 0 saturated heterocycles. The minimum atomic E-state index is 0.0769. The van der Waals surface area contributed by atoms with Crippen LogP contribution in [-0.2, 0) is 11.3 Å². The van der Waals surface area contributed by atoms with Crippen LogP contribution in [0.5, 0.6) is 5.88 Å². The van der Waals surface area contributed by atoms with Gasteiger partial charge in [0.1, 0.15) is 17.6 Å². The molecule has 84 valence electrons. The van der Waals surface area contributed by atoms with Crippen molar-refractivity contribution in [2.75, 3.05) is 6.61 Å². The van der Waals surface area contributed by atoms with E-state index < -0.39 is 0 Å². The topological polar surface area (TPSA) is 62.3 Å². The van der Waals surface area contributed by atoms with Crippen LogP contribution in [0.25, 0.3) is 0 Å². The minimum Gasteiger partial charge on any atom is -0.474 e. The van der Waals surface area contributed by atoms with Crippen LogP contribution in [0.4, 0.5) is 0 Å². The number of hydrogen-bond donors (Lipinski definition) is 1. The summed E-state index contributed by atoms with van der Waals surface area (Å²) in [6.07, 6.45) is 2.00. The fourth-order valence-corrected chi connectivity index (χ4v) is 1.97. The number of nitrogens with zero attached hydrogens (tertiary/aromatic N) is 2. The first-order valence-corrected chi connectivity index (χ1v) is 5.79. The SMILES string of the molecule is CC(C)OC1COc2c(SN)cnn2C1. The third-order valence-electron chi connectivity index (χ3n) is 2.13. The first-order chi connectivity index (χ1) is 7.20. The van der Waals surface area contributed by atoms with Crippen molar-refractivity contribution in [1.82, 2.24) is 9.78 Å². The smallest absolute Gasteiger partial charge is 0.227 e. The molecular formula is C9H15N3O2S. The second kappa shape index (κ2) is 4.42. The van der Waals surface area contributed by atoms with E-state index >= 15 is 0 Å². The Balaban J connectivity index is 2.07. The molecule has 0 spiro atoms. The van der Waals surface area contributed by atoms with Gasteiger partial charge in [0.15, 0.2) is 0 Å². The van der Waals surface area contributed by atoms with Crippen LogP contribution in [0, 0.1) is 0 Å². The Morgan fingerprint density at radius 1 is 1.73 bits per heavy atom. The van der Waals surface area contributed by atoms with Crippen LogP contribution < -0.4 is 9.88 Å². The summed E-state index contributed by atoms with van der Waals surface area (Å²) < 4.78 is 13.0. The molecule has 1 unspecified atom stereocenters. The third kappa shape index (κ3) is 2.27. The number of rotatable bonds is 3. The number of ether oxygens (including phenoxy) is 2. The Bertz CT molecular complexity index is 340. The lowest BCUT2D eigenvalue weighted by Crippen LogP contribution is -2.34. The lowest BCUT2D eigenvalue weighted by atomic mass is 10.3. The van der Waals surface area contributed by atoms with E-state index in [0.29, 0.717) is 6.61 Å². The zero-order valence-electron chi connectivity index (χ0n) is 8.84. The summed E-state index contributed by atoms with van der Waals surface area (Å²) in [5.41, 5.74) is 0. The van der Waals surface area contributed by atoms with E-state index in [0.717, 1.165) is 29.3 Å². The summed E-state index contributed by atoms with van der Waals surface area (Å²) in [6, 6.07) is 0. The Hall–Kier alpha value is -0.720. The zero-order chi connectivity index (χ0) is 10.8. The van der Waals surface area contributed by atoms with Gasteiger partial charge in [-0.1, -0.05) is 0 Å². The molecule has 1 aromatic rings. The largest absolute Gasteiger partial charge is 0.474 e. The first kappa shape index (κ1) is 10.8. The zero-order valence-corrected chi connectivity index (χ0v) is 9.66. The van der Waals surface area contributed by atoms with Crippen LogP contribution in [0.15, 0.2) is 11.1 Å². The van der Waals surface area contributed by atoms with Gasteiger partial charge in [0.05, 0.1) is 18.8 Å². The second-order valence-corrected chi connectivity index (χ2v) is 4.41. The molecule has 1 aliphatic rings. The average Bonchev–Trinajstić information content (AvgIpc) is 2.58. The molecule has 0 aliphatic carbocycles. The molecular weight excluding hydrogens is 214 g/mol. The quantitative estimate of drug-likeness (QED) is 0.784. The van der Waals surface area contributed by atoms with E-state index in [4.69, 9.17) is 14.6 Å². The molecule has 5 nitrogen and oxygen atoms in total. The lowest BCUT2D eigenvalue weighted by molar-refractivity contribution is -0.0444. The number of fused-ring (bicyclic) bond motifs is 1. The molecule has 0 aromatic carbocycles. The predicted molar refractivity (Wildman–Crippen MR) is 57.8 cm³/mol. The molecule has 2 N–H and O–H groups in total. The van der Waals surface area contributed by atoms with Gasteiger partial charge in [-0.05, 0) is 25.8 Å². The van der Waals surface area contributed by atoms with Gasteiger partial charge in [-0.15, -0.1) is 0 Å². The van der Waals surface area contributed by atoms with Crippen LogP contribution in [0.2, 0.25) is 0 Å². The lowest BCUT2D eigenvalue weighted by Gasteiger charge is -2.26. The molecule has 0 radical (unpaired) electrons. The highest BCUT2D eigenvalue weighted by molar-refractivity contribution is 7.97. The minimum absolute atomic E-state index is 0.0769. The highest BCUT2D eigenvalue weighted by Gasteiger charge is 2.24. The summed E-state index contributed by atoms with van der Waals surface area (Å²) >= 11 is 1.16. The Labute approximate surface area is 93.0 Å². The first-order valence-electron chi connectivity index (χ1n) is 4.91. The molecule has 0 amide bonds. The number of aromatic nitrogens is 2. The second-order valence-electron chi connectivity index (χ2n) is 3.73. The molecule has 0 bridgehead atoms. The average molecular weight is 229 g/mol. The van der Waals surface area contributed by atoms with Crippen LogP contribution in [0.1, 0.15) is 13.8 Å². The van der Waals surface area contributed by atoms with Crippen molar-refractivity contribution >= 4 is 11.9 Å². The molecule has 1 aliphatic heterocycles. The summed E-state index contributed by atoms with van der Waals surface area (Å²) in [7, 11) is 0. The molecule has 6 heteroatoms. The van der Waals surface area contributed by atoms with E-state index in [9.17, 15) is 0 Å². The molecule has 0 fully saturated rings. The van der Waals surface area contributed by atoms with Gasteiger partial charge in [-0.2, -0.15) is 5.10 Å². The van der Waals surface area contributed by atoms with Gasteiger partial charge in [0.2, 0.25) is 5.88 Å². The summed E-state index contributed by atoms with van der Waals surface area (Å²) in [5, 5.41) is 9.68. The summed E-state index contributed by atoms with van der Waals surface area (Å²) in [5.74, 6) is 0.756. The summed E-state index contributed by atoms with van der Waals surface area (Å²) in [6.45, 7) is 5.32. The van der Waals surface area contributed by atoms with E-state index in [1.165, 1.54) is 0 Å². The molecule has 15 heavy (non-hydrogen) atoms. The van der Waals surface area contributed by atoms with E-state index in [-0.39, 0.29) is 12.2 Å².